The molecular formula is C11H20N4O6S. The molecule has 11 heteroatoms. The summed E-state index contributed by atoms with van der Waals surface area (Å²) in [6.45, 7) is -0.799. The molecule has 0 aromatic rings. The maximum absolute atomic E-state index is 11.8. The van der Waals surface area contributed by atoms with Gasteiger partial charge < -0.3 is 32.3 Å². The Labute approximate surface area is 132 Å². The van der Waals surface area contributed by atoms with E-state index in [2.05, 4.69) is 17.9 Å². The van der Waals surface area contributed by atoms with Crippen molar-refractivity contribution in [3.63, 3.8) is 0 Å². The number of rotatable bonds is 10. The van der Waals surface area contributed by atoms with E-state index in [0.29, 0.717) is 0 Å². The minimum Gasteiger partial charge on any atom is -0.480 e. The van der Waals surface area contributed by atoms with Crippen molar-refractivity contribution in [3.8, 4) is 0 Å². The molecule has 10 nitrogen and oxygen atoms in total. The van der Waals surface area contributed by atoms with E-state index in [-0.39, 0.29) is 18.6 Å². The van der Waals surface area contributed by atoms with Crippen LogP contribution in [0.15, 0.2) is 0 Å². The Morgan fingerprint density at radius 1 is 1.09 bits per heavy atom. The number of carboxylic acid groups (broad SMARTS) is 1. The Balaban J connectivity index is 4.57. The third-order valence-corrected chi connectivity index (χ3v) is 3.02. The van der Waals surface area contributed by atoms with Crippen molar-refractivity contribution in [1.82, 2.24) is 10.6 Å². The largest absolute Gasteiger partial charge is 0.480 e. The predicted octanol–water partition coefficient (Wildman–Crippen LogP) is -3.44. The first-order valence-electron chi connectivity index (χ1n) is 6.32. The molecule has 0 aliphatic carbocycles. The van der Waals surface area contributed by atoms with E-state index < -0.39 is 48.4 Å². The van der Waals surface area contributed by atoms with E-state index in [0.717, 1.165) is 0 Å². The van der Waals surface area contributed by atoms with Crippen LogP contribution in [0.5, 0.6) is 0 Å². The molecule has 3 amide bonds. The van der Waals surface area contributed by atoms with Crippen LogP contribution in [0.4, 0.5) is 0 Å². The second-order valence-corrected chi connectivity index (χ2v) is 4.80. The summed E-state index contributed by atoms with van der Waals surface area (Å²) in [6.07, 6.45) is -0.0750. The molecule has 0 aromatic carbocycles. The predicted molar refractivity (Wildman–Crippen MR) is 78.8 cm³/mol. The number of thiol groups is 1. The van der Waals surface area contributed by atoms with E-state index in [1.807, 2.05) is 5.32 Å². The number of nitrogens with one attached hydrogen (secondary N) is 2. The average Bonchev–Trinajstić information content (AvgIpc) is 2.46. The van der Waals surface area contributed by atoms with Crippen LogP contribution in [0.25, 0.3) is 0 Å². The Morgan fingerprint density at radius 2 is 1.64 bits per heavy atom. The van der Waals surface area contributed by atoms with Crippen molar-refractivity contribution < 1.29 is 29.4 Å². The number of carbonyl (C=O) groups is 4. The Kier molecular flexibility index (Phi) is 9.13. The molecule has 0 aromatic heterocycles. The molecule has 3 unspecified atom stereocenters. The van der Waals surface area contributed by atoms with Crippen LogP contribution in [0, 0.1) is 0 Å². The number of amides is 3. The summed E-state index contributed by atoms with van der Waals surface area (Å²) in [5.41, 5.74) is 10.5. The van der Waals surface area contributed by atoms with Crippen LogP contribution in [0.1, 0.15) is 12.8 Å². The van der Waals surface area contributed by atoms with Gasteiger partial charge in [-0.2, -0.15) is 12.6 Å². The SMILES string of the molecule is NC(=O)CCC(N)C(=O)NC(CS)C(=O)NC(CO)C(=O)O. The van der Waals surface area contributed by atoms with Gasteiger partial charge in [0.1, 0.15) is 12.1 Å². The minimum absolute atomic E-state index is 0.0104. The van der Waals surface area contributed by atoms with Crippen LogP contribution in [-0.4, -0.2) is 64.4 Å². The molecule has 0 heterocycles. The first kappa shape index (κ1) is 20.1. The van der Waals surface area contributed by atoms with E-state index in [4.69, 9.17) is 21.7 Å². The lowest BCUT2D eigenvalue weighted by atomic mass is 10.1. The summed E-state index contributed by atoms with van der Waals surface area (Å²) >= 11 is 3.89. The number of aliphatic carboxylic acids is 1. The summed E-state index contributed by atoms with van der Waals surface area (Å²) in [6, 6.07) is -3.67. The number of carbonyl (C=O) groups excluding carboxylic acids is 3. The molecular weight excluding hydrogens is 316 g/mol. The Bertz CT molecular complexity index is 433. The number of aliphatic hydroxyl groups excluding tert-OH is 1. The quantitative estimate of drug-likeness (QED) is 0.202. The maximum atomic E-state index is 11.8. The molecule has 126 valence electrons. The van der Waals surface area contributed by atoms with Gasteiger partial charge in [0.25, 0.3) is 0 Å². The first-order chi connectivity index (χ1) is 10.2. The van der Waals surface area contributed by atoms with Gasteiger partial charge in [-0.3, -0.25) is 14.4 Å². The van der Waals surface area contributed by atoms with Gasteiger partial charge in [0.05, 0.1) is 12.6 Å². The van der Waals surface area contributed by atoms with Crippen LogP contribution in [0.2, 0.25) is 0 Å². The second kappa shape index (κ2) is 9.97. The zero-order valence-electron chi connectivity index (χ0n) is 11.7. The zero-order chi connectivity index (χ0) is 17.3. The van der Waals surface area contributed by atoms with Gasteiger partial charge in [-0.15, -0.1) is 0 Å². The molecule has 0 radical (unpaired) electrons. The number of nitrogens with two attached hydrogens (primary N) is 2. The summed E-state index contributed by atoms with van der Waals surface area (Å²) < 4.78 is 0. The van der Waals surface area contributed by atoms with Crippen LogP contribution in [-0.2, 0) is 19.2 Å². The van der Waals surface area contributed by atoms with Crippen molar-refractivity contribution in [1.29, 1.82) is 0 Å². The van der Waals surface area contributed by atoms with Gasteiger partial charge in [-0.1, -0.05) is 0 Å². The number of carboxylic acids is 1. The second-order valence-electron chi connectivity index (χ2n) is 4.44. The molecule has 3 atom stereocenters. The number of primary amides is 1. The van der Waals surface area contributed by atoms with Gasteiger partial charge >= 0.3 is 5.97 Å². The average molecular weight is 336 g/mol. The van der Waals surface area contributed by atoms with E-state index in [1.54, 1.807) is 0 Å². The molecule has 0 bridgehead atoms. The first-order valence-corrected chi connectivity index (χ1v) is 6.95. The van der Waals surface area contributed by atoms with Crippen molar-refractivity contribution in [2.75, 3.05) is 12.4 Å². The molecule has 0 spiro atoms. The smallest absolute Gasteiger partial charge is 0.328 e. The highest BCUT2D eigenvalue weighted by molar-refractivity contribution is 7.80. The lowest BCUT2D eigenvalue weighted by molar-refractivity contribution is -0.143. The lowest BCUT2D eigenvalue weighted by Crippen LogP contribution is -2.55. The van der Waals surface area contributed by atoms with E-state index in [9.17, 15) is 19.2 Å². The molecule has 0 aliphatic heterocycles. The monoisotopic (exact) mass is 336 g/mol. The molecule has 8 N–H and O–H groups in total. The van der Waals surface area contributed by atoms with Crippen molar-refractivity contribution >= 4 is 36.3 Å². The Morgan fingerprint density at radius 3 is 2.05 bits per heavy atom. The number of aliphatic hydroxyl groups is 1. The summed E-state index contributed by atoms with van der Waals surface area (Å²) in [5.74, 6) is -3.67. The van der Waals surface area contributed by atoms with Gasteiger partial charge in [-0.05, 0) is 6.42 Å². The highest BCUT2D eigenvalue weighted by Gasteiger charge is 2.26. The minimum atomic E-state index is -1.49. The number of hydrogen-bond donors (Lipinski definition) is 7. The molecule has 0 saturated heterocycles. The fraction of sp³-hybridized carbons (Fsp3) is 0.636. The van der Waals surface area contributed by atoms with E-state index >= 15 is 0 Å². The molecule has 0 rings (SSSR count). The van der Waals surface area contributed by atoms with E-state index in [1.165, 1.54) is 0 Å². The molecule has 0 aliphatic rings. The highest BCUT2D eigenvalue weighted by atomic mass is 32.1. The van der Waals surface area contributed by atoms with Crippen LogP contribution in [0.3, 0.4) is 0 Å². The summed E-state index contributed by atoms with van der Waals surface area (Å²) in [5, 5.41) is 21.9. The third kappa shape index (κ3) is 7.24. The molecule has 0 fully saturated rings. The zero-order valence-corrected chi connectivity index (χ0v) is 12.6. The van der Waals surface area contributed by atoms with Crippen molar-refractivity contribution in [3.05, 3.63) is 0 Å². The molecule has 0 saturated carbocycles. The standard InChI is InChI=1S/C11H20N4O6S/c12-5(1-2-8(13)17)9(18)15-7(4-22)10(19)14-6(3-16)11(20)21/h5-7,16,22H,1-4,12H2,(H2,13,17)(H,14,19)(H,15,18)(H,20,21). The Hall–Kier alpha value is -1.85. The van der Waals surface area contributed by atoms with Gasteiger partial charge in [-0.25, -0.2) is 4.79 Å². The normalized spacial score (nSPS) is 14.5. The lowest BCUT2D eigenvalue weighted by Gasteiger charge is -2.20. The fourth-order valence-electron chi connectivity index (χ4n) is 1.36. The van der Waals surface area contributed by atoms with Gasteiger partial charge in [0, 0.05) is 12.2 Å². The van der Waals surface area contributed by atoms with Crippen molar-refractivity contribution in [2.45, 2.75) is 31.0 Å². The maximum Gasteiger partial charge on any atom is 0.328 e. The topological polar surface area (TPSA) is 185 Å². The summed E-state index contributed by atoms with van der Waals surface area (Å²) in [7, 11) is 0. The fourth-order valence-corrected chi connectivity index (χ4v) is 1.62. The van der Waals surface area contributed by atoms with Crippen molar-refractivity contribution in [2.24, 2.45) is 11.5 Å². The van der Waals surface area contributed by atoms with Crippen LogP contribution < -0.4 is 22.1 Å². The number of hydrogen-bond acceptors (Lipinski definition) is 7. The van der Waals surface area contributed by atoms with Gasteiger partial charge in [0.15, 0.2) is 0 Å². The third-order valence-electron chi connectivity index (χ3n) is 2.65. The highest BCUT2D eigenvalue weighted by Crippen LogP contribution is 1.97. The summed E-state index contributed by atoms with van der Waals surface area (Å²) in [4.78, 5) is 44.9. The van der Waals surface area contributed by atoms with Gasteiger partial charge in [0.2, 0.25) is 17.7 Å². The molecule has 22 heavy (non-hydrogen) atoms. The van der Waals surface area contributed by atoms with Crippen LogP contribution >= 0.6 is 12.6 Å².